The lowest BCUT2D eigenvalue weighted by molar-refractivity contribution is 0.120. The van der Waals surface area contributed by atoms with Crippen LogP contribution >= 0.6 is 0 Å². The van der Waals surface area contributed by atoms with Crippen molar-refractivity contribution in [3.05, 3.63) is 11.8 Å². The highest BCUT2D eigenvalue weighted by Crippen LogP contribution is 2.23. The minimum atomic E-state index is 0.313. The largest absolute Gasteiger partial charge is 0.376 e. The molecule has 0 bridgehead atoms. The zero-order valence-electron chi connectivity index (χ0n) is 13.1. The van der Waals surface area contributed by atoms with Gasteiger partial charge in [-0.25, -0.2) is 4.98 Å². The van der Waals surface area contributed by atoms with Crippen molar-refractivity contribution in [2.45, 2.75) is 45.6 Å². The number of rotatable bonds is 4. The van der Waals surface area contributed by atoms with Crippen molar-refractivity contribution in [1.29, 1.82) is 0 Å². The fourth-order valence-electron chi connectivity index (χ4n) is 3.20. The minimum absolute atomic E-state index is 0.313. The van der Waals surface area contributed by atoms with Gasteiger partial charge in [-0.1, -0.05) is 6.92 Å². The summed E-state index contributed by atoms with van der Waals surface area (Å²) in [6.45, 7) is 8.25. The topological polar surface area (TPSA) is 50.3 Å². The Balaban J connectivity index is 1.66. The number of anilines is 2. The van der Waals surface area contributed by atoms with Crippen molar-refractivity contribution in [2.24, 2.45) is 5.92 Å². The van der Waals surface area contributed by atoms with Crippen molar-refractivity contribution in [1.82, 2.24) is 9.97 Å². The van der Waals surface area contributed by atoms with Crippen molar-refractivity contribution < 1.29 is 4.74 Å². The molecule has 2 aliphatic heterocycles. The van der Waals surface area contributed by atoms with Crippen LogP contribution in [0.3, 0.4) is 0 Å². The minimum Gasteiger partial charge on any atom is -0.376 e. The van der Waals surface area contributed by atoms with E-state index in [0.717, 1.165) is 62.5 Å². The summed E-state index contributed by atoms with van der Waals surface area (Å²) in [5.41, 5.74) is 1.02. The van der Waals surface area contributed by atoms with Crippen LogP contribution in [-0.2, 0) is 4.74 Å². The van der Waals surface area contributed by atoms with Gasteiger partial charge in [-0.05, 0) is 38.5 Å². The van der Waals surface area contributed by atoms with Gasteiger partial charge >= 0.3 is 0 Å². The SMILES string of the molecule is Cc1cc(N2CCCC(C)C2)nc(NCC2CCCO2)n1. The molecule has 2 unspecified atom stereocenters. The Labute approximate surface area is 127 Å². The van der Waals surface area contributed by atoms with Crippen molar-refractivity contribution >= 4 is 11.8 Å². The van der Waals surface area contributed by atoms with E-state index in [-0.39, 0.29) is 0 Å². The quantitative estimate of drug-likeness (QED) is 0.923. The highest BCUT2D eigenvalue weighted by atomic mass is 16.5. The van der Waals surface area contributed by atoms with E-state index in [9.17, 15) is 0 Å². The molecule has 0 saturated carbocycles. The summed E-state index contributed by atoms with van der Waals surface area (Å²) in [4.78, 5) is 11.6. The summed E-state index contributed by atoms with van der Waals surface area (Å²) < 4.78 is 5.64. The molecule has 1 N–H and O–H groups in total. The molecule has 0 spiro atoms. The lowest BCUT2D eigenvalue weighted by Crippen LogP contribution is -2.35. The van der Waals surface area contributed by atoms with Gasteiger partial charge in [0.1, 0.15) is 5.82 Å². The lowest BCUT2D eigenvalue weighted by atomic mass is 10.0. The van der Waals surface area contributed by atoms with Crippen LogP contribution in [0.15, 0.2) is 6.07 Å². The number of nitrogens with zero attached hydrogens (tertiary/aromatic N) is 3. The maximum Gasteiger partial charge on any atom is 0.224 e. The van der Waals surface area contributed by atoms with Crippen LogP contribution in [0.4, 0.5) is 11.8 Å². The molecule has 2 saturated heterocycles. The predicted octanol–water partition coefficient (Wildman–Crippen LogP) is 2.61. The second kappa shape index (κ2) is 6.60. The lowest BCUT2D eigenvalue weighted by Gasteiger charge is -2.32. The van der Waals surface area contributed by atoms with Gasteiger partial charge < -0.3 is 15.0 Å². The first-order valence-electron chi connectivity index (χ1n) is 8.17. The molecular formula is C16H26N4O. The second-order valence-electron chi connectivity index (χ2n) is 6.40. The van der Waals surface area contributed by atoms with Gasteiger partial charge in [-0.15, -0.1) is 0 Å². The Kier molecular flexibility index (Phi) is 4.58. The van der Waals surface area contributed by atoms with Gasteiger partial charge in [0.25, 0.3) is 0 Å². The van der Waals surface area contributed by atoms with E-state index < -0.39 is 0 Å². The highest BCUT2D eigenvalue weighted by molar-refractivity contribution is 5.45. The van der Waals surface area contributed by atoms with E-state index in [0.29, 0.717) is 6.10 Å². The molecule has 2 aliphatic rings. The van der Waals surface area contributed by atoms with Crippen LogP contribution in [0.25, 0.3) is 0 Å². The fourth-order valence-corrected chi connectivity index (χ4v) is 3.20. The molecule has 2 fully saturated rings. The van der Waals surface area contributed by atoms with Crippen molar-refractivity contribution in [3.63, 3.8) is 0 Å². The number of hydrogen-bond acceptors (Lipinski definition) is 5. The standard InChI is InChI=1S/C16H26N4O/c1-12-5-3-7-20(11-12)15-9-13(2)18-16(19-15)17-10-14-6-4-8-21-14/h9,12,14H,3-8,10-11H2,1-2H3,(H,17,18,19). The molecule has 1 aromatic heterocycles. The predicted molar refractivity (Wildman–Crippen MR) is 84.8 cm³/mol. The summed E-state index contributed by atoms with van der Waals surface area (Å²) in [5, 5.41) is 3.34. The molecule has 3 heterocycles. The number of aryl methyl sites for hydroxylation is 1. The molecule has 5 heteroatoms. The van der Waals surface area contributed by atoms with Crippen LogP contribution in [-0.4, -0.2) is 42.3 Å². The molecule has 0 aliphatic carbocycles. The Morgan fingerprint density at radius 3 is 3.00 bits per heavy atom. The maximum atomic E-state index is 5.64. The monoisotopic (exact) mass is 290 g/mol. The average molecular weight is 290 g/mol. The number of piperidine rings is 1. The Morgan fingerprint density at radius 2 is 2.24 bits per heavy atom. The third-order valence-corrected chi connectivity index (χ3v) is 4.33. The summed E-state index contributed by atoms with van der Waals surface area (Å²) in [6.07, 6.45) is 5.19. The zero-order valence-corrected chi connectivity index (χ0v) is 13.1. The van der Waals surface area contributed by atoms with Crippen LogP contribution in [0, 0.1) is 12.8 Å². The normalized spacial score (nSPS) is 26.1. The zero-order chi connectivity index (χ0) is 14.7. The summed E-state index contributed by atoms with van der Waals surface area (Å²) in [6, 6.07) is 2.09. The second-order valence-corrected chi connectivity index (χ2v) is 6.40. The van der Waals surface area contributed by atoms with Crippen LogP contribution in [0.5, 0.6) is 0 Å². The van der Waals surface area contributed by atoms with Crippen LogP contribution < -0.4 is 10.2 Å². The van der Waals surface area contributed by atoms with Crippen LogP contribution in [0.1, 0.15) is 38.3 Å². The molecule has 116 valence electrons. The van der Waals surface area contributed by atoms with E-state index in [2.05, 4.69) is 28.2 Å². The molecule has 3 rings (SSSR count). The molecule has 21 heavy (non-hydrogen) atoms. The molecule has 5 nitrogen and oxygen atoms in total. The van der Waals surface area contributed by atoms with Gasteiger partial charge in [-0.3, -0.25) is 0 Å². The summed E-state index contributed by atoms with van der Waals surface area (Å²) >= 11 is 0. The maximum absolute atomic E-state index is 5.64. The van der Waals surface area contributed by atoms with Gasteiger partial charge in [0, 0.05) is 38.0 Å². The summed E-state index contributed by atoms with van der Waals surface area (Å²) in [5.74, 6) is 2.54. The highest BCUT2D eigenvalue weighted by Gasteiger charge is 2.19. The van der Waals surface area contributed by atoms with Crippen molar-refractivity contribution in [2.75, 3.05) is 36.5 Å². The first-order chi connectivity index (χ1) is 10.2. The molecule has 0 aromatic carbocycles. The molecule has 2 atom stereocenters. The number of hydrogen-bond donors (Lipinski definition) is 1. The number of nitrogens with one attached hydrogen (secondary N) is 1. The molecule has 0 amide bonds. The van der Waals surface area contributed by atoms with Gasteiger partial charge in [-0.2, -0.15) is 4.98 Å². The Hall–Kier alpha value is -1.36. The summed E-state index contributed by atoms with van der Waals surface area (Å²) in [7, 11) is 0. The molecule has 1 aromatic rings. The molecule has 0 radical (unpaired) electrons. The van der Waals surface area contributed by atoms with Crippen molar-refractivity contribution in [3.8, 4) is 0 Å². The van der Waals surface area contributed by atoms with E-state index in [1.807, 2.05) is 6.92 Å². The van der Waals surface area contributed by atoms with E-state index in [4.69, 9.17) is 9.72 Å². The number of ether oxygens (including phenoxy) is 1. The van der Waals surface area contributed by atoms with E-state index in [1.165, 1.54) is 12.8 Å². The molecular weight excluding hydrogens is 264 g/mol. The fraction of sp³-hybridized carbons (Fsp3) is 0.750. The average Bonchev–Trinajstić information content (AvgIpc) is 2.98. The third-order valence-electron chi connectivity index (χ3n) is 4.33. The first kappa shape index (κ1) is 14.6. The van der Waals surface area contributed by atoms with Gasteiger partial charge in [0.05, 0.1) is 6.10 Å². The number of aromatic nitrogens is 2. The van der Waals surface area contributed by atoms with Gasteiger partial charge in [0.15, 0.2) is 0 Å². The third kappa shape index (κ3) is 3.84. The Morgan fingerprint density at radius 1 is 1.33 bits per heavy atom. The van der Waals surface area contributed by atoms with E-state index >= 15 is 0 Å². The Bertz CT molecular complexity index is 473. The first-order valence-corrected chi connectivity index (χ1v) is 8.17. The smallest absolute Gasteiger partial charge is 0.224 e. The van der Waals surface area contributed by atoms with E-state index in [1.54, 1.807) is 0 Å². The van der Waals surface area contributed by atoms with Crippen LogP contribution in [0.2, 0.25) is 0 Å². The van der Waals surface area contributed by atoms with Gasteiger partial charge in [0.2, 0.25) is 5.95 Å².